The molecule has 0 spiro atoms. The summed E-state index contributed by atoms with van der Waals surface area (Å²) in [5, 5.41) is 10.8. The van der Waals surface area contributed by atoms with Crippen molar-refractivity contribution in [1.29, 1.82) is 0 Å². The van der Waals surface area contributed by atoms with Crippen molar-refractivity contribution < 1.29 is 4.39 Å². The molecule has 0 amide bonds. The van der Waals surface area contributed by atoms with E-state index in [0.717, 1.165) is 24.6 Å². The van der Waals surface area contributed by atoms with Gasteiger partial charge in [0.25, 0.3) is 0 Å². The largest absolute Gasteiger partial charge is 0.352 e. The quantitative estimate of drug-likeness (QED) is 0.643. The third-order valence-corrected chi connectivity index (χ3v) is 4.15. The Morgan fingerprint density at radius 1 is 1.42 bits per heavy atom. The van der Waals surface area contributed by atoms with E-state index in [1.54, 1.807) is 25.5 Å². The number of aryl methyl sites for hydroxylation is 1. The van der Waals surface area contributed by atoms with Gasteiger partial charge in [-0.2, -0.15) is 5.10 Å². The number of halogens is 1. The van der Waals surface area contributed by atoms with Crippen molar-refractivity contribution in [3.63, 3.8) is 0 Å². The molecular formula is C16H22FN7. The van der Waals surface area contributed by atoms with Crippen molar-refractivity contribution in [1.82, 2.24) is 25.4 Å². The lowest BCUT2D eigenvalue weighted by molar-refractivity contribution is 0.611. The molecule has 24 heavy (non-hydrogen) atoms. The van der Waals surface area contributed by atoms with Gasteiger partial charge in [-0.3, -0.25) is 9.67 Å². The highest BCUT2D eigenvalue weighted by Gasteiger charge is 2.25. The predicted molar refractivity (Wildman–Crippen MR) is 91.4 cm³/mol. The number of hydrogen-bond donors (Lipinski definition) is 2. The van der Waals surface area contributed by atoms with E-state index in [2.05, 4.69) is 25.7 Å². The topological polar surface area (TPSA) is 70.4 Å². The Balaban J connectivity index is 1.54. The van der Waals surface area contributed by atoms with Crippen molar-refractivity contribution in [3.05, 3.63) is 42.1 Å². The first kappa shape index (κ1) is 16.2. The summed E-state index contributed by atoms with van der Waals surface area (Å²) >= 11 is 0. The molecule has 0 aliphatic carbocycles. The number of hydrogen-bond acceptors (Lipinski definition) is 4. The minimum Gasteiger partial charge on any atom is -0.352 e. The Labute approximate surface area is 140 Å². The number of guanidine groups is 1. The highest BCUT2D eigenvalue weighted by molar-refractivity contribution is 5.80. The Morgan fingerprint density at radius 3 is 3.00 bits per heavy atom. The molecule has 1 unspecified atom stereocenters. The van der Waals surface area contributed by atoms with Gasteiger partial charge < -0.3 is 15.5 Å². The number of nitrogens with zero attached hydrogens (tertiary/aromatic N) is 5. The molecule has 2 aromatic heterocycles. The highest BCUT2D eigenvalue weighted by Crippen LogP contribution is 2.20. The SMILES string of the molecule is CN=C(NCc1ccnn1C)NC1CCN(c2ncccc2F)C1. The summed E-state index contributed by atoms with van der Waals surface area (Å²) in [6.45, 7) is 2.10. The van der Waals surface area contributed by atoms with Crippen LogP contribution in [0.2, 0.25) is 0 Å². The summed E-state index contributed by atoms with van der Waals surface area (Å²) in [5.41, 5.74) is 1.07. The lowest BCUT2D eigenvalue weighted by atomic mass is 10.3. The van der Waals surface area contributed by atoms with E-state index in [-0.39, 0.29) is 11.9 Å². The molecule has 0 radical (unpaired) electrons. The van der Waals surface area contributed by atoms with Crippen molar-refractivity contribution >= 4 is 11.8 Å². The number of aliphatic imine (C=N–C) groups is 1. The summed E-state index contributed by atoms with van der Waals surface area (Å²) in [7, 11) is 3.65. The highest BCUT2D eigenvalue weighted by atomic mass is 19.1. The molecule has 1 aliphatic heterocycles. The molecular weight excluding hydrogens is 309 g/mol. The molecule has 128 valence electrons. The zero-order valence-corrected chi connectivity index (χ0v) is 13.9. The molecule has 2 N–H and O–H groups in total. The van der Waals surface area contributed by atoms with Gasteiger partial charge in [0.2, 0.25) is 0 Å². The zero-order valence-electron chi connectivity index (χ0n) is 13.9. The van der Waals surface area contributed by atoms with Gasteiger partial charge in [-0.25, -0.2) is 9.37 Å². The van der Waals surface area contributed by atoms with Crippen LogP contribution < -0.4 is 15.5 Å². The van der Waals surface area contributed by atoms with Crippen molar-refractivity contribution in [2.24, 2.45) is 12.0 Å². The third kappa shape index (κ3) is 3.64. The van der Waals surface area contributed by atoms with Crippen molar-refractivity contribution in [3.8, 4) is 0 Å². The average Bonchev–Trinajstić information content (AvgIpc) is 3.21. The molecule has 3 heterocycles. The fourth-order valence-corrected chi connectivity index (χ4v) is 2.82. The second kappa shape index (κ2) is 7.29. The first-order valence-corrected chi connectivity index (χ1v) is 7.97. The molecule has 1 fully saturated rings. The van der Waals surface area contributed by atoms with E-state index in [9.17, 15) is 4.39 Å². The predicted octanol–water partition coefficient (Wildman–Crippen LogP) is 0.898. The van der Waals surface area contributed by atoms with Gasteiger partial charge in [0.1, 0.15) is 0 Å². The number of pyridine rings is 1. The fourth-order valence-electron chi connectivity index (χ4n) is 2.82. The number of anilines is 1. The number of nitrogens with one attached hydrogen (secondary N) is 2. The van der Waals surface area contributed by atoms with Gasteiger partial charge in [-0.15, -0.1) is 0 Å². The molecule has 0 aromatic carbocycles. The minimum atomic E-state index is -0.281. The average molecular weight is 331 g/mol. The lowest BCUT2D eigenvalue weighted by Gasteiger charge is -2.20. The standard InChI is InChI=1S/C16H22FN7/c1-18-16(20-10-13-5-8-21-23(13)2)22-12-6-9-24(11-12)15-14(17)4-3-7-19-15/h3-5,7-8,12H,6,9-11H2,1-2H3,(H2,18,20,22). The van der Waals surface area contributed by atoms with E-state index in [1.807, 2.05) is 22.7 Å². The Bertz CT molecular complexity index is 712. The molecule has 0 bridgehead atoms. The Morgan fingerprint density at radius 2 is 2.29 bits per heavy atom. The van der Waals surface area contributed by atoms with Crippen molar-refractivity contribution in [2.75, 3.05) is 25.0 Å². The number of aromatic nitrogens is 3. The van der Waals surface area contributed by atoms with Crippen LogP contribution in [0.15, 0.2) is 35.6 Å². The Kier molecular flexibility index (Phi) is 4.93. The van der Waals surface area contributed by atoms with Gasteiger partial charge >= 0.3 is 0 Å². The summed E-state index contributed by atoms with van der Waals surface area (Å²) in [6, 6.07) is 5.21. The van der Waals surface area contributed by atoms with Crippen LogP contribution >= 0.6 is 0 Å². The van der Waals surface area contributed by atoms with E-state index >= 15 is 0 Å². The van der Waals surface area contributed by atoms with Crippen molar-refractivity contribution in [2.45, 2.75) is 19.0 Å². The monoisotopic (exact) mass is 331 g/mol. The summed E-state index contributed by atoms with van der Waals surface area (Å²) in [6.07, 6.45) is 4.29. The van der Waals surface area contributed by atoms with E-state index < -0.39 is 0 Å². The smallest absolute Gasteiger partial charge is 0.191 e. The first-order valence-electron chi connectivity index (χ1n) is 7.97. The van der Waals surface area contributed by atoms with Crippen LogP contribution in [0.25, 0.3) is 0 Å². The van der Waals surface area contributed by atoms with Crippen LogP contribution in [-0.4, -0.2) is 46.9 Å². The summed E-state index contributed by atoms with van der Waals surface area (Å²) < 4.78 is 15.7. The first-order chi connectivity index (χ1) is 11.7. The fraction of sp³-hybridized carbons (Fsp3) is 0.438. The summed E-state index contributed by atoms with van der Waals surface area (Å²) in [5.74, 6) is 0.862. The van der Waals surface area contributed by atoms with E-state index in [4.69, 9.17) is 0 Å². The molecule has 8 heteroatoms. The third-order valence-electron chi connectivity index (χ3n) is 4.15. The molecule has 1 aliphatic rings. The van der Waals surface area contributed by atoms with Gasteiger partial charge in [0.15, 0.2) is 17.6 Å². The van der Waals surface area contributed by atoms with Gasteiger partial charge in [-0.1, -0.05) is 0 Å². The van der Waals surface area contributed by atoms with E-state index in [0.29, 0.717) is 18.9 Å². The maximum absolute atomic E-state index is 13.8. The van der Waals surface area contributed by atoms with Gasteiger partial charge in [0, 0.05) is 45.6 Å². The van der Waals surface area contributed by atoms with Gasteiger partial charge in [0.05, 0.1) is 12.2 Å². The molecule has 0 saturated carbocycles. The van der Waals surface area contributed by atoms with Gasteiger partial charge in [-0.05, 0) is 24.6 Å². The summed E-state index contributed by atoms with van der Waals surface area (Å²) in [4.78, 5) is 10.4. The molecule has 3 rings (SSSR count). The zero-order chi connectivity index (χ0) is 16.9. The molecule has 1 atom stereocenters. The van der Waals surface area contributed by atoms with Crippen LogP contribution in [-0.2, 0) is 13.6 Å². The van der Waals surface area contributed by atoms with Crippen LogP contribution in [0, 0.1) is 5.82 Å². The lowest BCUT2D eigenvalue weighted by Crippen LogP contribution is -2.44. The second-order valence-corrected chi connectivity index (χ2v) is 5.76. The second-order valence-electron chi connectivity index (χ2n) is 5.76. The normalized spacial score (nSPS) is 18.0. The molecule has 1 saturated heterocycles. The minimum absolute atomic E-state index is 0.198. The maximum atomic E-state index is 13.8. The van der Waals surface area contributed by atoms with E-state index in [1.165, 1.54) is 6.07 Å². The Hall–Kier alpha value is -2.64. The van der Waals surface area contributed by atoms with Crippen LogP contribution in [0.3, 0.4) is 0 Å². The molecule has 7 nitrogen and oxygen atoms in total. The number of rotatable bonds is 4. The van der Waals surface area contributed by atoms with Crippen LogP contribution in [0.4, 0.5) is 10.2 Å². The maximum Gasteiger partial charge on any atom is 0.191 e. The van der Waals surface area contributed by atoms with Crippen LogP contribution in [0.1, 0.15) is 12.1 Å². The molecule has 2 aromatic rings. The van der Waals surface area contributed by atoms with Crippen LogP contribution in [0.5, 0.6) is 0 Å².